The van der Waals surface area contributed by atoms with Gasteiger partial charge >= 0.3 is 7.12 Å². The van der Waals surface area contributed by atoms with E-state index in [1.54, 1.807) is 0 Å². The van der Waals surface area contributed by atoms with Crippen LogP contribution in [-0.2, 0) is 35.9 Å². The topological polar surface area (TPSA) is 140 Å². The van der Waals surface area contributed by atoms with Crippen molar-refractivity contribution in [1.82, 2.24) is 14.8 Å². The van der Waals surface area contributed by atoms with E-state index in [1.807, 2.05) is 60.7 Å². The zero-order valence-corrected chi connectivity index (χ0v) is 20.9. The van der Waals surface area contributed by atoms with Gasteiger partial charge in [-0.1, -0.05) is 60.7 Å². The highest BCUT2D eigenvalue weighted by atomic mass is 35.5. The standard InChI is InChI=1S/C25H34BN5O3.ClH/c1-19(32)25(26(33)34,18-8-13-22(27)28)31-24(17-15-21-11-6-3-7-12-21)29-23(30-31)16-14-20-9-4-2-5-10-20;/h2-7,9-12,22,33-34H,8,13-18,27-28H2,1H3;1H. The zero-order valence-electron chi connectivity index (χ0n) is 20.1. The molecule has 0 aliphatic rings. The number of Topliss-reactive ketones (excluding diaryl/α,β-unsaturated/α-hetero) is 1. The second-order valence-electron chi connectivity index (χ2n) is 8.74. The van der Waals surface area contributed by atoms with Crippen LogP contribution < -0.4 is 11.5 Å². The molecule has 1 atom stereocenters. The molecule has 0 saturated heterocycles. The summed E-state index contributed by atoms with van der Waals surface area (Å²) in [4.78, 5) is 17.7. The van der Waals surface area contributed by atoms with Crippen LogP contribution in [0, 0.1) is 0 Å². The van der Waals surface area contributed by atoms with E-state index >= 15 is 0 Å². The lowest BCUT2D eigenvalue weighted by atomic mass is 9.60. The van der Waals surface area contributed by atoms with Gasteiger partial charge < -0.3 is 21.5 Å². The van der Waals surface area contributed by atoms with E-state index in [0.717, 1.165) is 17.5 Å². The van der Waals surface area contributed by atoms with Crippen molar-refractivity contribution in [3.63, 3.8) is 0 Å². The van der Waals surface area contributed by atoms with Crippen LogP contribution in [0.2, 0.25) is 0 Å². The molecule has 3 aromatic rings. The highest BCUT2D eigenvalue weighted by Crippen LogP contribution is 2.28. The fourth-order valence-corrected chi connectivity index (χ4v) is 4.24. The number of aryl methyl sites for hydroxylation is 4. The van der Waals surface area contributed by atoms with Crippen LogP contribution in [0.4, 0.5) is 0 Å². The van der Waals surface area contributed by atoms with Gasteiger partial charge in [-0.25, -0.2) is 9.67 Å². The number of rotatable bonds is 13. The lowest BCUT2D eigenvalue weighted by Crippen LogP contribution is -2.55. The molecular formula is C25H35BClN5O3. The van der Waals surface area contributed by atoms with Gasteiger partial charge in [0, 0.05) is 12.8 Å². The minimum absolute atomic E-state index is 0. The molecule has 35 heavy (non-hydrogen) atoms. The number of ketones is 1. The number of aromatic nitrogens is 3. The molecule has 0 saturated carbocycles. The third kappa shape index (κ3) is 7.46. The van der Waals surface area contributed by atoms with Crippen molar-refractivity contribution in [3.05, 3.63) is 83.4 Å². The van der Waals surface area contributed by atoms with Gasteiger partial charge in [0.05, 0.1) is 6.17 Å². The Balaban J connectivity index is 0.00000432. The first-order valence-electron chi connectivity index (χ1n) is 11.7. The van der Waals surface area contributed by atoms with Crippen molar-refractivity contribution in [2.45, 2.75) is 63.5 Å². The van der Waals surface area contributed by atoms with E-state index < -0.39 is 24.5 Å². The molecule has 0 amide bonds. The van der Waals surface area contributed by atoms with Gasteiger partial charge in [-0.3, -0.25) is 4.79 Å². The van der Waals surface area contributed by atoms with E-state index in [-0.39, 0.29) is 18.8 Å². The first-order valence-corrected chi connectivity index (χ1v) is 11.7. The van der Waals surface area contributed by atoms with Crippen LogP contribution in [0.25, 0.3) is 0 Å². The van der Waals surface area contributed by atoms with E-state index in [0.29, 0.717) is 43.8 Å². The Bertz CT molecular complexity index is 1050. The molecule has 188 valence electrons. The Morgan fingerprint density at radius 2 is 1.51 bits per heavy atom. The molecule has 0 radical (unpaired) electrons. The first-order chi connectivity index (χ1) is 16.3. The molecule has 1 aromatic heterocycles. The van der Waals surface area contributed by atoms with Crippen molar-refractivity contribution in [2.75, 3.05) is 0 Å². The monoisotopic (exact) mass is 499 g/mol. The number of hydrogen-bond donors (Lipinski definition) is 4. The number of carbonyl (C=O) groups excluding carboxylic acids is 1. The lowest BCUT2D eigenvalue weighted by Gasteiger charge is -2.32. The van der Waals surface area contributed by atoms with Gasteiger partial charge in [0.15, 0.2) is 17.0 Å². The minimum atomic E-state index is -1.95. The normalized spacial score (nSPS) is 12.7. The molecular weight excluding hydrogens is 465 g/mol. The molecule has 6 N–H and O–H groups in total. The summed E-state index contributed by atoms with van der Waals surface area (Å²) in [5.41, 5.74) is 12.0. The van der Waals surface area contributed by atoms with Gasteiger partial charge in [0.2, 0.25) is 0 Å². The first kappa shape index (κ1) is 28.7. The van der Waals surface area contributed by atoms with Crippen LogP contribution in [0.3, 0.4) is 0 Å². The molecule has 0 aliphatic heterocycles. The molecule has 1 unspecified atom stereocenters. The molecule has 2 aromatic carbocycles. The van der Waals surface area contributed by atoms with E-state index in [9.17, 15) is 14.8 Å². The van der Waals surface area contributed by atoms with Crippen LogP contribution in [-0.4, -0.2) is 43.9 Å². The molecule has 8 nitrogen and oxygen atoms in total. The Morgan fingerprint density at radius 1 is 0.971 bits per heavy atom. The molecule has 1 heterocycles. The van der Waals surface area contributed by atoms with Crippen molar-refractivity contribution >= 4 is 25.3 Å². The average Bonchev–Trinajstić information content (AvgIpc) is 3.23. The Morgan fingerprint density at radius 3 is 2.00 bits per heavy atom. The summed E-state index contributed by atoms with van der Waals surface area (Å²) in [6.07, 6.45) is 2.96. The van der Waals surface area contributed by atoms with Crippen LogP contribution in [0.5, 0.6) is 0 Å². The maximum absolute atomic E-state index is 12.9. The molecule has 0 fully saturated rings. The smallest absolute Gasteiger partial charge is 0.425 e. The summed E-state index contributed by atoms with van der Waals surface area (Å²) in [5.74, 6) is 0.717. The van der Waals surface area contributed by atoms with E-state index in [2.05, 4.69) is 5.10 Å². The van der Waals surface area contributed by atoms with Crippen LogP contribution in [0.15, 0.2) is 60.7 Å². The molecule has 0 bridgehead atoms. The zero-order chi connectivity index (χ0) is 24.6. The Labute approximate surface area is 213 Å². The maximum Gasteiger partial charge on any atom is 0.489 e. The number of carbonyl (C=O) groups is 1. The fraction of sp³-hybridized carbons (Fsp3) is 0.400. The van der Waals surface area contributed by atoms with Crippen molar-refractivity contribution in [2.24, 2.45) is 11.5 Å². The van der Waals surface area contributed by atoms with Gasteiger partial charge in [-0.05, 0) is 50.2 Å². The number of nitrogens with zero attached hydrogens (tertiary/aromatic N) is 3. The summed E-state index contributed by atoms with van der Waals surface area (Å²) in [7, 11) is -1.95. The SMILES string of the molecule is CC(=O)C(CCCC(N)N)(B(O)O)n1nc(CCc2ccccc2)nc1CCc1ccccc1.Cl. The quantitative estimate of drug-likeness (QED) is 0.208. The van der Waals surface area contributed by atoms with E-state index in [4.69, 9.17) is 16.5 Å². The Kier molecular flexibility index (Phi) is 11.1. The molecule has 0 spiro atoms. The highest BCUT2D eigenvalue weighted by molar-refractivity contribution is 6.50. The lowest BCUT2D eigenvalue weighted by molar-refractivity contribution is -0.123. The maximum atomic E-state index is 12.9. The van der Waals surface area contributed by atoms with E-state index in [1.165, 1.54) is 11.6 Å². The van der Waals surface area contributed by atoms with Crippen LogP contribution in [0.1, 0.15) is 49.0 Å². The van der Waals surface area contributed by atoms with Gasteiger partial charge in [-0.2, -0.15) is 5.10 Å². The predicted octanol–water partition coefficient (Wildman–Crippen LogP) is 1.98. The van der Waals surface area contributed by atoms with Crippen molar-refractivity contribution < 1.29 is 14.8 Å². The summed E-state index contributed by atoms with van der Waals surface area (Å²) in [5, 5.41) is 25.6. The molecule has 10 heteroatoms. The molecule has 0 aliphatic carbocycles. The summed E-state index contributed by atoms with van der Waals surface area (Å²) >= 11 is 0. The van der Waals surface area contributed by atoms with Gasteiger partial charge in [-0.15, -0.1) is 12.4 Å². The second kappa shape index (κ2) is 13.5. The molecule has 3 rings (SSSR count). The second-order valence-corrected chi connectivity index (χ2v) is 8.74. The summed E-state index contributed by atoms with van der Waals surface area (Å²) in [6, 6.07) is 20.0. The number of hydrogen-bond acceptors (Lipinski definition) is 7. The van der Waals surface area contributed by atoms with Crippen molar-refractivity contribution in [3.8, 4) is 0 Å². The third-order valence-corrected chi connectivity index (χ3v) is 6.19. The van der Waals surface area contributed by atoms with Gasteiger partial charge in [0.1, 0.15) is 5.82 Å². The largest absolute Gasteiger partial charge is 0.489 e. The minimum Gasteiger partial charge on any atom is -0.425 e. The number of benzene rings is 2. The Hall–Kier alpha value is -2.56. The summed E-state index contributed by atoms with van der Waals surface area (Å²) < 4.78 is 1.45. The predicted molar refractivity (Wildman–Crippen MR) is 140 cm³/mol. The van der Waals surface area contributed by atoms with Crippen molar-refractivity contribution in [1.29, 1.82) is 0 Å². The van der Waals surface area contributed by atoms with Gasteiger partial charge in [0.25, 0.3) is 0 Å². The summed E-state index contributed by atoms with van der Waals surface area (Å²) in [6.45, 7) is 1.36. The average molecular weight is 500 g/mol. The number of nitrogens with two attached hydrogens (primary N) is 2. The fourth-order valence-electron chi connectivity index (χ4n) is 4.24. The number of halogens is 1. The highest BCUT2D eigenvalue weighted by Gasteiger charge is 2.50. The third-order valence-electron chi connectivity index (χ3n) is 6.19. The van der Waals surface area contributed by atoms with Crippen LogP contribution >= 0.6 is 12.4 Å².